The second kappa shape index (κ2) is 5.75. The number of aromatic amines is 1. The number of halogens is 1. The molecule has 5 nitrogen and oxygen atoms in total. The molecule has 1 atom stereocenters. The number of rotatable bonds is 3. The number of allylic oxidation sites excluding steroid dienone is 2. The molecule has 20 heavy (non-hydrogen) atoms. The van der Waals surface area contributed by atoms with Gasteiger partial charge in [0.15, 0.2) is 5.65 Å². The van der Waals surface area contributed by atoms with Crippen molar-refractivity contribution >= 4 is 33.1 Å². The number of hydrogen-bond acceptors (Lipinski definition) is 4. The van der Waals surface area contributed by atoms with Crippen molar-refractivity contribution in [3.05, 3.63) is 34.7 Å². The summed E-state index contributed by atoms with van der Waals surface area (Å²) >= 11 is 3.35. The Bertz CT molecular complexity index is 665. The minimum Gasteiger partial charge on any atom is -0.457 e. The molecule has 1 aliphatic rings. The third-order valence-corrected chi connectivity index (χ3v) is 3.74. The van der Waals surface area contributed by atoms with Crippen LogP contribution in [0, 0.1) is 5.92 Å². The van der Waals surface area contributed by atoms with Gasteiger partial charge in [-0.25, -0.2) is 9.97 Å². The van der Waals surface area contributed by atoms with Crippen LogP contribution in [0.3, 0.4) is 0 Å². The van der Waals surface area contributed by atoms with E-state index in [2.05, 4.69) is 37.0 Å². The van der Waals surface area contributed by atoms with Crippen LogP contribution in [0.1, 0.15) is 25.1 Å². The first kappa shape index (κ1) is 13.3. The summed E-state index contributed by atoms with van der Waals surface area (Å²) in [5.41, 5.74) is 1.45. The fourth-order valence-electron chi connectivity index (χ4n) is 2.26. The van der Waals surface area contributed by atoms with Gasteiger partial charge in [0.05, 0.1) is 11.4 Å². The number of hydrogen-bond donors (Lipinski definition) is 1. The zero-order valence-corrected chi connectivity index (χ0v) is 12.4. The molecule has 0 fully saturated rings. The van der Waals surface area contributed by atoms with Crippen LogP contribution in [0.25, 0.3) is 11.2 Å². The fourth-order valence-corrected chi connectivity index (χ4v) is 2.59. The van der Waals surface area contributed by atoms with Crippen LogP contribution < -0.4 is 0 Å². The van der Waals surface area contributed by atoms with Crippen molar-refractivity contribution in [1.29, 1.82) is 0 Å². The molecule has 3 rings (SSSR count). The SMILES string of the molecule is O=C(OCc1nc2ncc(Br)cc2[nH]1)[C@@H]1CC=CCC1. The monoisotopic (exact) mass is 335 g/mol. The molecule has 104 valence electrons. The smallest absolute Gasteiger partial charge is 0.309 e. The third kappa shape index (κ3) is 2.90. The Labute approximate surface area is 124 Å². The van der Waals surface area contributed by atoms with E-state index in [1.807, 2.05) is 12.1 Å². The molecular weight excluding hydrogens is 322 g/mol. The quantitative estimate of drug-likeness (QED) is 0.691. The zero-order valence-electron chi connectivity index (χ0n) is 10.8. The second-order valence-corrected chi connectivity index (χ2v) is 5.71. The van der Waals surface area contributed by atoms with E-state index in [-0.39, 0.29) is 18.5 Å². The largest absolute Gasteiger partial charge is 0.457 e. The molecule has 0 amide bonds. The summed E-state index contributed by atoms with van der Waals surface area (Å²) in [6.45, 7) is 0.160. The molecule has 2 aromatic rings. The molecule has 6 heteroatoms. The maximum absolute atomic E-state index is 11.9. The number of carbonyl (C=O) groups excluding carboxylic acids is 1. The number of aromatic nitrogens is 3. The molecule has 0 spiro atoms. The molecule has 2 aromatic heterocycles. The van der Waals surface area contributed by atoms with Crippen molar-refractivity contribution in [3.8, 4) is 0 Å². The van der Waals surface area contributed by atoms with E-state index in [4.69, 9.17) is 4.74 Å². The minimum atomic E-state index is -0.149. The Morgan fingerprint density at radius 3 is 3.20 bits per heavy atom. The van der Waals surface area contributed by atoms with Gasteiger partial charge in [-0.15, -0.1) is 0 Å². The summed E-state index contributed by atoms with van der Waals surface area (Å²) in [6.07, 6.45) is 8.41. The van der Waals surface area contributed by atoms with Crippen molar-refractivity contribution in [2.45, 2.75) is 25.9 Å². The standard InChI is InChI=1S/C14H14BrN3O2/c15-10-6-11-13(16-7-10)18-12(17-11)8-20-14(19)9-4-2-1-3-5-9/h1-2,6-7,9H,3-5,8H2,(H,16,17,18)/t9-/m1/s1. The molecule has 0 saturated carbocycles. The lowest BCUT2D eigenvalue weighted by Gasteiger charge is -2.15. The first-order chi connectivity index (χ1) is 9.72. The number of pyridine rings is 1. The highest BCUT2D eigenvalue weighted by atomic mass is 79.9. The summed E-state index contributed by atoms with van der Waals surface area (Å²) in [4.78, 5) is 23.5. The average Bonchev–Trinajstić information content (AvgIpc) is 2.87. The molecule has 1 aliphatic carbocycles. The molecule has 0 unspecified atom stereocenters. The molecule has 0 bridgehead atoms. The zero-order chi connectivity index (χ0) is 13.9. The highest BCUT2D eigenvalue weighted by Gasteiger charge is 2.20. The summed E-state index contributed by atoms with van der Waals surface area (Å²) in [5, 5.41) is 0. The molecule has 0 saturated heterocycles. The van der Waals surface area contributed by atoms with Gasteiger partial charge in [-0.1, -0.05) is 12.2 Å². The molecular formula is C14H14BrN3O2. The Morgan fingerprint density at radius 2 is 2.40 bits per heavy atom. The van der Waals surface area contributed by atoms with E-state index in [0.717, 1.165) is 29.3 Å². The van der Waals surface area contributed by atoms with Gasteiger partial charge < -0.3 is 9.72 Å². The number of H-pyrrole nitrogens is 1. The van der Waals surface area contributed by atoms with Gasteiger partial charge >= 0.3 is 5.97 Å². The van der Waals surface area contributed by atoms with Gasteiger partial charge in [0, 0.05) is 10.7 Å². The number of nitrogens with one attached hydrogen (secondary N) is 1. The molecule has 0 radical (unpaired) electrons. The van der Waals surface area contributed by atoms with Crippen molar-refractivity contribution in [1.82, 2.24) is 15.0 Å². The van der Waals surface area contributed by atoms with Crippen LogP contribution in [0.4, 0.5) is 0 Å². The van der Waals surface area contributed by atoms with Gasteiger partial charge in [0.2, 0.25) is 0 Å². The van der Waals surface area contributed by atoms with Gasteiger partial charge in [-0.2, -0.15) is 0 Å². The van der Waals surface area contributed by atoms with Crippen LogP contribution in [0.2, 0.25) is 0 Å². The lowest BCUT2D eigenvalue weighted by Crippen LogP contribution is -2.18. The van der Waals surface area contributed by atoms with E-state index in [0.29, 0.717) is 11.5 Å². The lowest BCUT2D eigenvalue weighted by atomic mass is 9.95. The molecule has 2 heterocycles. The van der Waals surface area contributed by atoms with Crippen LogP contribution in [0.5, 0.6) is 0 Å². The van der Waals surface area contributed by atoms with Gasteiger partial charge in [0.25, 0.3) is 0 Å². The first-order valence-electron chi connectivity index (χ1n) is 6.54. The van der Waals surface area contributed by atoms with Gasteiger partial charge in [0.1, 0.15) is 12.4 Å². The number of fused-ring (bicyclic) bond motifs is 1. The number of nitrogens with zero attached hydrogens (tertiary/aromatic N) is 2. The van der Waals surface area contributed by atoms with E-state index < -0.39 is 0 Å². The summed E-state index contributed by atoms with van der Waals surface area (Å²) in [6, 6.07) is 1.90. The van der Waals surface area contributed by atoms with Gasteiger partial charge in [-0.3, -0.25) is 4.79 Å². The van der Waals surface area contributed by atoms with Crippen molar-refractivity contribution < 1.29 is 9.53 Å². The Hall–Kier alpha value is -1.69. The molecule has 1 N–H and O–H groups in total. The van der Waals surface area contributed by atoms with Crippen LogP contribution >= 0.6 is 15.9 Å². The van der Waals surface area contributed by atoms with E-state index in [1.165, 1.54) is 0 Å². The Kier molecular flexibility index (Phi) is 3.82. The summed E-state index contributed by atoms with van der Waals surface area (Å²) < 4.78 is 6.20. The highest BCUT2D eigenvalue weighted by molar-refractivity contribution is 9.10. The second-order valence-electron chi connectivity index (χ2n) is 4.80. The predicted octanol–water partition coefficient (Wildman–Crippen LogP) is 3.12. The average molecular weight is 336 g/mol. The van der Waals surface area contributed by atoms with Crippen molar-refractivity contribution in [2.75, 3.05) is 0 Å². The maximum Gasteiger partial charge on any atom is 0.309 e. The predicted molar refractivity (Wildman–Crippen MR) is 77.9 cm³/mol. The van der Waals surface area contributed by atoms with Gasteiger partial charge in [-0.05, 0) is 41.3 Å². The fraction of sp³-hybridized carbons (Fsp3) is 0.357. The lowest BCUT2D eigenvalue weighted by molar-refractivity contribution is -0.150. The summed E-state index contributed by atoms with van der Waals surface area (Å²) in [7, 11) is 0. The molecule has 0 aliphatic heterocycles. The third-order valence-electron chi connectivity index (χ3n) is 3.31. The minimum absolute atomic E-state index is 0.0170. The van der Waals surface area contributed by atoms with E-state index >= 15 is 0 Å². The maximum atomic E-state index is 11.9. The van der Waals surface area contributed by atoms with E-state index in [9.17, 15) is 4.79 Å². The Morgan fingerprint density at radius 1 is 1.50 bits per heavy atom. The van der Waals surface area contributed by atoms with E-state index in [1.54, 1.807) is 6.20 Å². The van der Waals surface area contributed by atoms with Crippen molar-refractivity contribution in [3.63, 3.8) is 0 Å². The highest BCUT2D eigenvalue weighted by Crippen LogP contribution is 2.20. The first-order valence-corrected chi connectivity index (χ1v) is 7.33. The number of ether oxygens (including phenoxy) is 1. The Balaban J connectivity index is 1.64. The molecule has 0 aromatic carbocycles. The van der Waals surface area contributed by atoms with Crippen LogP contribution in [-0.4, -0.2) is 20.9 Å². The van der Waals surface area contributed by atoms with Crippen molar-refractivity contribution in [2.24, 2.45) is 5.92 Å². The van der Waals surface area contributed by atoms with Crippen LogP contribution in [0.15, 0.2) is 28.9 Å². The number of imidazole rings is 1. The summed E-state index contributed by atoms with van der Waals surface area (Å²) in [5.74, 6) is 0.450. The number of carbonyl (C=O) groups is 1. The topological polar surface area (TPSA) is 67.9 Å². The normalized spacial score (nSPS) is 18.4. The van der Waals surface area contributed by atoms with Crippen LogP contribution in [-0.2, 0) is 16.1 Å². The number of esters is 1.